The van der Waals surface area contributed by atoms with E-state index >= 15 is 0 Å². The van der Waals surface area contributed by atoms with Crippen molar-refractivity contribution in [1.82, 2.24) is 0 Å². The molecule has 0 saturated carbocycles. The van der Waals surface area contributed by atoms with Crippen LogP contribution in [0.3, 0.4) is 0 Å². The van der Waals surface area contributed by atoms with E-state index in [0.29, 0.717) is 11.4 Å². The van der Waals surface area contributed by atoms with Crippen molar-refractivity contribution < 1.29 is 14.3 Å². The molecule has 0 unspecified atom stereocenters. The molecule has 130 valence electrons. The van der Waals surface area contributed by atoms with Crippen molar-refractivity contribution in [3.05, 3.63) is 94.8 Å². The van der Waals surface area contributed by atoms with Crippen molar-refractivity contribution in [2.45, 2.75) is 6.92 Å². The molecule has 3 aromatic carbocycles. The van der Waals surface area contributed by atoms with E-state index in [1.54, 1.807) is 30.3 Å². The number of hydrogen-bond acceptors (Lipinski definition) is 2. The van der Waals surface area contributed by atoms with E-state index in [-0.39, 0.29) is 11.4 Å². The molecule has 3 rings (SSSR count). The summed E-state index contributed by atoms with van der Waals surface area (Å²) in [6, 6.07) is 19.0. The third kappa shape index (κ3) is 4.36. The van der Waals surface area contributed by atoms with Gasteiger partial charge in [0, 0.05) is 5.69 Å². The first kappa shape index (κ1) is 17.4. The van der Waals surface area contributed by atoms with Gasteiger partial charge in [0.25, 0.3) is 0 Å². The zero-order valence-corrected chi connectivity index (χ0v) is 14.2. The Kier molecular flexibility index (Phi) is 5.13. The largest absolute Gasteiger partial charge is 0.478 e. The van der Waals surface area contributed by atoms with Gasteiger partial charge in [-0.1, -0.05) is 48.0 Å². The highest BCUT2D eigenvalue weighted by Gasteiger charge is 2.10. The van der Waals surface area contributed by atoms with Gasteiger partial charge in [-0.05, 0) is 54.4 Å². The summed E-state index contributed by atoms with van der Waals surface area (Å²) < 4.78 is 13.1. The maximum absolute atomic E-state index is 13.1. The molecule has 0 aromatic heterocycles. The molecule has 0 aliphatic heterocycles. The summed E-state index contributed by atoms with van der Waals surface area (Å²) in [6.45, 7) is 2.03. The maximum Gasteiger partial charge on any atom is 0.337 e. The highest BCUT2D eigenvalue weighted by molar-refractivity contribution is 5.96. The van der Waals surface area contributed by atoms with E-state index in [1.807, 2.05) is 37.3 Å². The lowest BCUT2D eigenvalue weighted by atomic mass is 10.1. The normalized spacial score (nSPS) is 10.8. The molecule has 2 N–H and O–H groups in total. The summed E-state index contributed by atoms with van der Waals surface area (Å²) in [5.41, 5.74) is 4.33. The number of carboxylic acid groups (broad SMARTS) is 1. The number of benzene rings is 3. The summed E-state index contributed by atoms with van der Waals surface area (Å²) in [6.07, 6.45) is 3.90. The minimum atomic E-state index is -1.02. The average molecular weight is 347 g/mol. The summed E-state index contributed by atoms with van der Waals surface area (Å²) in [5, 5.41) is 12.4. The number of nitrogens with one attached hydrogen (secondary N) is 1. The van der Waals surface area contributed by atoms with Crippen LogP contribution in [0.4, 0.5) is 15.8 Å². The lowest BCUT2D eigenvalue weighted by molar-refractivity contribution is 0.0698. The molecular weight excluding hydrogens is 329 g/mol. The van der Waals surface area contributed by atoms with Gasteiger partial charge < -0.3 is 10.4 Å². The standard InChI is InChI=1S/C22H18FNO2/c1-15-3-2-4-16(13-15)5-6-17-7-12-20(22(25)26)21(14-17)24-19-10-8-18(23)9-11-19/h2-14,24H,1H3,(H,25,26). The SMILES string of the molecule is Cc1cccc(C=Cc2ccc(C(=O)O)c(Nc3ccc(F)cc3)c2)c1. The molecule has 3 nitrogen and oxygen atoms in total. The van der Waals surface area contributed by atoms with Crippen molar-refractivity contribution in [1.29, 1.82) is 0 Å². The first-order valence-corrected chi connectivity index (χ1v) is 8.16. The van der Waals surface area contributed by atoms with Crippen molar-refractivity contribution in [2.24, 2.45) is 0 Å². The lowest BCUT2D eigenvalue weighted by Gasteiger charge is -2.11. The first-order chi connectivity index (χ1) is 12.5. The Morgan fingerprint density at radius 1 is 0.962 bits per heavy atom. The van der Waals surface area contributed by atoms with Gasteiger partial charge in [0.15, 0.2) is 0 Å². The second kappa shape index (κ2) is 7.66. The highest BCUT2D eigenvalue weighted by Crippen LogP contribution is 2.24. The summed E-state index contributed by atoms with van der Waals surface area (Å²) in [4.78, 5) is 11.5. The Balaban J connectivity index is 1.90. The average Bonchev–Trinajstić information content (AvgIpc) is 2.62. The van der Waals surface area contributed by atoms with Gasteiger partial charge in [0.2, 0.25) is 0 Å². The van der Waals surface area contributed by atoms with Gasteiger partial charge in [-0.15, -0.1) is 0 Å². The van der Waals surface area contributed by atoms with Crippen LogP contribution < -0.4 is 5.32 Å². The van der Waals surface area contributed by atoms with Gasteiger partial charge in [-0.25, -0.2) is 9.18 Å². The van der Waals surface area contributed by atoms with Crippen LogP contribution in [-0.4, -0.2) is 11.1 Å². The number of rotatable bonds is 5. The van der Waals surface area contributed by atoms with E-state index in [4.69, 9.17) is 0 Å². The smallest absolute Gasteiger partial charge is 0.337 e. The van der Waals surface area contributed by atoms with Crippen LogP contribution in [-0.2, 0) is 0 Å². The van der Waals surface area contributed by atoms with E-state index in [2.05, 4.69) is 11.4 Å². The second-order valence-electron chi connectivity index (χ2n) is 5.99. The van der Waals surface area contributed by atoms with E-state index < -0.39 is 5.97 Å². The molecule has 0 saturated heterocycles. The van der Waals surface area contributed by atoms with Gasteiger partial charge in [-0.3, -0.25) is 0 Å². The minimum absolute atomic E-state index is 0.155. The fourth-order valence-electron chi connectivity index (χ4n) is 2.61. The Hall–Kier alpha value is -3.40. The topological polar surface area (TPSA) is 49.3 Å². The predicted molar refractivity (Wildman–Crippen MR) is 103 cm³/mol. The van der Waals surface area contributed by atoms with Crippen LogP contribution in [0.15, 0.2) is 66.7 Å². The zero-order chi connectivity index (χ0) is 18.5. The molecule has 0 bridgehead atoms. The first-order valence-electron chi connectivity index (χ1n) is 8.16. The molecule has 0 aliphatic rings. The van der Waals surface area contributed by atoms with Crippen molar-refractivity contribution in [2.75, 3.05) is 5.32 Å². The number of carbonyl (C=O) groups is 1. The summed E-state index contributed by atoms with van der Waals surface area (Å²) >= 11 is 0. The number of aryl methyl sites for hydroxylation is 1. The zero-order valence-electron chi connectivity index (χ0n) is 14.2. The lowest BCUT2D eigenvalue weighted by Crippen LogP contribution is -2.03. The fraction of sp³-hybridized carbons (Fsp3) is 0.0455. The Bertz CT molecular complexity index is 962. The van der Waals surface area contributed by atoms with Crippen molar-refractivity contribution in [3.63, 3.8) is 0 Å². The number of aromatic carboxylic acids is 1. The molecule has 4 heteroatoms. The molecule has 0 spiro atoms. The number of hydrogen-bond donors (Lipinski definition) is 2. The van der Waals surface area contributed by atoms with Gasteiger partial charge >= 0.3 is 5.97 Å². The monoisotopic (exact) mass is 347 g/mol. The molecule has 0 radical (unpaired) electrons. The molecule has 0 heterocycles. The van der Waals surface area contributed by atoms with Crippen LogP contribution in [0.2, 0.25) is 0 Å². The predicted octanol–water partition coefficient (Wildman–Crippen LogP) is 5.75. The summed E-state index contributed by atoms with van der Waals surface area (Å²) in [7, 11) is 0. The van der Waals surface area contributed by atoms with Crippen LogP contribution in [0.5, 0.6) is 0 Å². The molecular formula is C22H18FNO2. The number of anilines is 2. The second-order valence-corrected chi connectivity index (χ2v) is 5.99. The van der Waals surface area contributed by atoms with Gasteiger partial charge in [0.05, 0.1) is 11.3 Å². The third-order valence-electron chi connectivity index (χ3n) is 3.91. The van der Waals surface area contributed by atoms with Crippen LogP contribution in [0.1, 0.15) is 27.0 Å². The minimum Gasteiger partial charge on any atom is -0.478 e. The van der Waals surface area contributed by atoms with Crippen molar-refractivity contribution >= 4 is 29.5 Å². The van der Waals surface area contributed by atoms with Crippen LogP contribution in [0.25, 0.3) is 12.2 Å². The molecule has 26 heavy (non-hydrogen) atoms. The Morgan fingerprint density at radius 3 is 2.31 bits per heavy atom. The molecule has 0 aliphatic carbocycles. The fourth-order valence-corrected chi connectivity index (χ4v) is 2.61. The number of halogens is 1. The van der Waals surface area contributed by atoms with Crippen LogP contribution >= 0.6 is 0 Å². The summed E-state index contributed by atoms with van der Waals surface area (Å²) in [5.74, 6) is -1.37. The van der Waals surface area contributed by atoms with E-state index in [0.717, 1.165) is 11.1 Å². The molecule has 0 fully saturated rings. The number of carboxylic acids is 1. The molecule has 3 aromatic rings. The Labute approximate surface area is 151 Å². The van der Waals surface area contributed by atoms with Crippen molar-refractivity contribution in [3.8, 4) is 0 Å². The maximum atomic E-state index is 13.1. The third-order valence-corrected chi connectivity index (χ3v) is 3.91. The van der Waals surface area contributed by atoms with E-state index in [9.17, 15) is 14.3 Å². The Morgan fingerprint density at radius 2 is 1.65 bits per heavy atom. The highest BCUT2D eigenvalue weighted by atomic mass is 19.1. The molecule has 0 atom stereocenters. The molecule has 0 amide bonds. The van der Waals surface area contributed by atoms with Gasteiger partial charge in [0.1, 0.15) is 5.82 Å². The van der Waals surface area contributed by atoms with E-state index in [1.165, 1.54) is 17.7 Å². The van der Waals surface area contributed by atoms with Gasteiger partial charge in [-0.2, -0.15) is 0 Å². The quantitative estimate of drug-likeness (QED) is 0.578. The van der Waals surface area contributed by atoms with Crippen LogP contribution in [0, 0.1) is 12.7 Å².